The molecule has 6 nitrogen and oxygen atoms in total. The first kappa shape index (κ1) is 20.5. The van der Waals surface area contributed by atoms with Crippen molar-refractivity contribution in [1.29, 1.82) is 0 Å². The highest BCUT2D eigenvalue weighted by atomic mass is 79.9. The summed E-state index contributed by atoms with van der Waals surface area (Å²) in [4.78, 5) is 27.2. The van der Waals surface area contributed by atoms with Crippen LogP contribution >= 0.6 is 15.9 Å². The molecule has 0 bridgehead atoms. The molecular weight excluding hydrogens is 410 g/mol. The molecule has 0 fully saturated rings. The Labute approximate surface area is 166 Å². The second-order valence-corrected chi connectivity index (χ2v) is 6.40. The zero-order chi connectivity index (χ0) is 19.6. The molecule has 0 saturated carbocycles. The van der Waals surface area contributed by atoms with Gasteiger partial charge in [-0.3, -0.25) is 9.59 Å². The van der Waals surface area contributed by atoms with Gasteiger partial charge in [-0.25, -0.2) is 4.98 Å². The predicted molar refractivity (Wildman–Crippen MR) is 106 cm³/mol. The van der Waals surface area contributed by atoms with Gasteiger partial charge in [0.25, 0.3) is 0 Å². The zero-order valence-electron chi connectivity index (χ0n) is 15.1. The van der Waals surface area contributed by atoms with E-state index >= 15 is 0 Å². The zero-order valence-corrected chi connectivity index (χ0v) is 16.7. The summed E-state index contributed by atoms with van der Waals surface area (Å²) in [6.07, 6.45) is 2.08. The lowest BCUT2D eigenvalue weighted by atomic mass is 10.0. The molecule has 1 atom stereocenters. The van der Waals surface area contributed by atoms with E-state index in [4.69, 9.17) is 4.74 Å². The average molecular weight is 430 g/mol. The van der Waals surface area contributed by atoms with Gasteiger partial charge in [0, 0.05) is 32.2 Å². The summed E-state index contributed by atoms with van der Waals surface area (Å²) in [7, 11) is 1.54. The van der Waals surface area contributed by atoms with Crippen LogP contribution in [0.2, 0.25) is 0 Å². The van der Waals surface area contributed by atoms with Crippen molar-refractivity contribution in [3.63, 3.8) is 0 Å². The minimum atomic E-state index is -0.601. The van der Waals surface area contributed by atoms with Crippen LogP contribution < -0.4 is 15.4 Å². The topological polar surface area (TPSA) is 80.3 Å². The van der Waals surface area contributed by atoms with Gasteiger partial charge >= 0.3 is 0 Å². The minimum absolute atomic E-state index is 0.229. The lowest BCUT2D eigenvalue weighted by molar-refractivity contribution is -0.127. The molecule has 0 saturated heterocycles. The number of rotatable bonds is 6. The number of hydrogen-bond acceptors (Lipinski definition) is 4. The minimum Gasteiger partial charge on any atom is -0.478 e. The summed E-state index contributed by atoms with van der Waals surface area (Å²) in [6.45, 7) is 1.63. The molecule has 0 spiro atoms. The molecular formula is C20H20BrN3O3. The van der Waals surface area contributed by atoms with E-state index < -0.39 is 6.04 Å². The van der Waals surface area contributed by atoms with Crippen LogP contribution in [0, 0.1) is 11.8 Å². The highest BCUT2D eigenvalue weighted by molar-refractivity contribution is 9.10. The molecule has 1 unspecified atom stereocenters. The van der Waals surface area contributed by atoms with Crippen LogP contribution in [0.3, 0.4) is 0 Å². The van der Waals surface area contributed by atoms with Crippen molar-refractivity contribution >= 4 is 27.7 Å². The number of aromatic nitrogens is 1. The Hall–Kier alpha value is -2.85. The van der Waals surface area contributed by atoms with E-state index in [0.29, 0.717) is 16.8 Å². The molecule has 1 aromatic carbocycles. The SMILES string of the molecule is CNC(=O)C(Cc1ccc(C#CCOc2cccnc2Br)cc1)NC(C)=O. The number of benzene rings is 1. The summed E-state index contributed by atoms with van der Waals surface area (Å²) in [5.74, 6) is 6.14. The largest absolute Gasteiger partial charge is 0.478 e. The van der Waals surface area contributed by atoms with Crippen LogP contribution in [0.25, 0.3) is 0 Å². The predicted octanol–water partition coefficient (Wildman–Crippen LogP) is 2.07. The maximum absolute atomic E-state index is 11.9. The molecule has 0 aliphatic rings. The second-order valence-electron chi connectivity index (χ2n) is 5.65. The van der Waals surface area contributed by atoms with Gasteiger partial charge in [0.05, 0.1) is 0 Å². The van der Waals surface area contributed by atoms with E-state index in [2.05, 4.69) is 43.4 Å². The first-order valence-electron chi connectivity index (χ1n) is 8.29. The van der Waals surface area contributed by atoms with Gasteiger partial charge in [-0.1, -0.05) is 24.0 Å². The molecule has 0 aliphatic heterocycles. The molecule has 1 aromatic heterocycles. The molecule has 2 rings (SSSR count). The Balaban J connectivity index is 1.94. The first-order valence-corrected chi connectivity index (χ1v) is 9.08. The number of hydrogen-bond donors (Lipinski definition) is 2. The lowest BCUT2D eigenvalue weighted by Gasteiger charge is -2.16. The number of likely N-dealkylation sites (N-methyl/N-ethyl adjacent to an activating group) is 1. The van der Waals surface area contributed by atoms with Crippen molar-refractivity contribution in [3.05, 3.63) is 58.3 Å². The fraction of sp³-hybridized carbons (Fsp3) is 0.250. The van der Waals surface area contributed by atoms with Gasteiger partial charge in [0.2, 0.25) is 11.8 Å². The number of halogens is 1. The molecule has 0 radical (unpaired) electrons. The van der Waals surface area contributed by atoms with Crippen molar-refractivity contribution in [2.24, 2.45) is 0 Å². The third-order valence-electron chi connectivity index (χ3n) is 3.59. The van der Waals surface area contributed by atoms with Gasteiger partial charge in [-0.15, -0.1) is 0 Å². The fourth-order valence-corrected chi connectivity index (χ4v) is 2.68. The molecule has 27 heavy (non-hydrogen) atoms. The number of amides is 2. The van der Waals surface area contributed by atoms with Crippen molar-refractivity contribution in [1.82, 2.24) is 15.6 Å². The monoisotopic (exact) mass is 429 g/mol. The number of ether oxygens (including phenoxy) is 1. The maximum Gasteiger partial charge on any atom is 0.242 e. The highest BCUT2D eigenvalue weighted by Gasteiger charge is 2.18. The van der Waals surface area contributed by atoms with Gasteiger partial charge in [0.1, 0.15) is 17.3 Å². The van der Waals surface area contributed by atoms with E-state index in [0.717, 1.165) is 11.1 Å². The van der Waals surface area contributed by atoms with Crippen LogP contribution in [0.5, 0.6) is 5.75 Å². The summed E-state index contributed by atoms with van der Waals surface area (Å²) in [5.41, 5.74) is 1.77. The van der Waals surface area contributed by atoms with Crippen molar-refractivity contribution in [2.45, 2.75) is 19.4 Å². The fourth-order valence-electron chi connectivity index (χ4n) is 2.32. The standard InChI is InChI=1S/C20H20BrN3O3/c1-14(25)24-17(20(26)22-2)13-16-9-7-15(8-10-16)5-4-12-27-18-6-3-11-23-19(18)21/h3,6-11,17H,12-13H2,1-2H3,(H,22,26)(H,24,25). The Morgan fingerprint density at radius 1 is 1.26 bits per heavy atom. The lowest BCUT2D eigenvalue weighted by Crippen LogP contribution is -2.46. The Morgan fingerprint density at radius 2 is 2.00 bits per heavy atom. The quantitative estimate of drug-likeness (QED) is 0.543. The molecule has 7 heteroatoms. The number of pyridine rings is 1. The summed E-state index contributed by atoms with van der Waals surface area (Å²) in [6, 6.07) is 10.5. The molecule has 2 aromatic rings. The number of carbonyl (C=O) groups is 2. The van der Waals surface area contributed by atoms with Crippen LogP contribution in [-0.4, -0.2) is 36.5 Å². The van der Waals surface area contributed by atoms with Gasteiger partial charge in [-0.05, 0) is 45.8 Å². The smallest absolute Gasteiger partial charge is 0.242 e. The molecule has 1 heterocycles. The van der Waals surface area contributed by atoms with Crippen LogP contribution in [0.1, 0.15) is 18.1 Å². The van der Waals surface area contributed by atoms with E-state index in [9.17, 15) is 9.59 Å². The van der Waals surface area contributed by atoms with Crippen molar-refractivity contribution in [3.8, 4) is 17.6 Å². The van der Waals surface area contributed by atoms with Crippen LogP contribution in [0.4, 0.5) is 0 Å². The van der Waals surface area contributed by atoms with Gasteiger partial charge in [0.15, 0.2) is 5.75 Å². The maximum atomic E-state index is 11.9. The summed E-state index contributed by atoms with van der Waals surface area (Å²) < 4.78 is 6.18. The van der Waals surface area contributed by atoms with E-state index in [-0.39, 0.29) is 18.4 Å². The second kappa shape index (κ2) is 10.3. The number of nitrogens with one attached hydrogen (secondary N) is 2. The van der Waals surface area contributed by atoms with E-state index in [1.807, 2.05) is 30.3 Å². The van der Waals surface area contributed by atoms with Crippen molar-refractivity contribution < 1.29 is 14.3 Å². The summed E-state index contributed by atoms with van der Waals surface area (Å²) >= 11 is 3.31. The molecule has 0 aliphatic carbocycles. The Kier molecular flexibility index (Phi) is 7.83. The number of nitrogens with zero attached hydrogens (tertiary/aromatic N) is 1. The molecule has 140 valence electrons. The van der Waals surface area contributed by atoms with Crippen LogP contribution in [-0.2, 0) is 16.0 Å². The Bertz CT molecular complexity index is 857. The van der Waals surface area contributed by atoms with Gasteiger partial charge in [-0.2, -0.15) is 0 Å². The number of carbonyl (C=O) groups excluding carboxylic acids is 2. The third kappa shape index (κ3) is 6.76. The molecule has 2 N–H and O–H groups in total. The normalized spacial score (nSPS) is 10.9. The first-order chi connectivity index (χ1) is 13.0. The van der Waals surface area contributed by atoms with Crippen LogP contribution in [0.15, 0.2) is 47.2 Å². The average Bonchev–Trinajstić information content (AvgIpc) is 2.66. The van der Waals surface area contributed by atoms with E-state index in [1.165, 1.54) is 6.92 Å². The van der Waals surface area contributed by atoms with Crippen molar-refractivity contribution in [2.75, 3.05) is 13.7 Å². The highest BCUT2D eigenvalue weighted by Crippen LogP contribution is 2.20. The molecule has 2 amide bonds. The van der Waals surface area contributed by atoms with E-state index in [1.54, 1.807) is 19.3 Å². The Morgan fingerprint density at radius 3 is 2.63 bits per heavy atom. The van der Waals surface area contributed by atoms with Gasteiger partial charge < -0.3 is 15.4 Å². The summed E-state index contributed by atoms with van der Waals surface area (Å²) in [5, 5.41) is 5.21. The third-order valence-corrected chi connectivity index (χ3v) is 4.19.